The van der Waals surface area contributed by atoms with Crippen molar-refractivity contribution >= 4 is 11.9 Å². The van der Waals surface area contributed by atoms with Crippen LogP contribution in [0.2, 0.25) is 0 Å². The third-order valence-corrected chi connectivity index (χ3v) is 13.1. The van der Waals surface area contributed by atoms with Gasteiger partial charge in [0.15, 0.2) is 0 Å². The molecule has 2 fully saturated rings. The zero-order valence-electron chi connectivity index (χ0n) is 36.1. The van der Waals surface area contributed by atoms with E-state index >= 15 is 0 Å². The number of carbonyl (C=O) groups is 2. The van der Waals surface area contributed by atoms with Crippen LogP contribution in [0, 0.1) is 11.3 Å². The van der Waals surface area contributed by atoms with Gasteiger partial charge in [0.1, 0.15) is 17.9 Å². The molecular formula is C52H64O9. The van der Waals surface area contributed by atoms with E-state index in [0.29, 0.717) is 24.2 Å². The molecule has 0 aliphatic carbocycles. The molecule has 0 spiro atoms. The van der Waals surface area contributed by atoms with E-state index in [2.05, 4.69) is 0 Å². The van der Waals surface area contributed by atoms with E-state index in [4.69, 9.17) is 23.7 Å². The molecule has 7 atom stereocenters. The van der Waals surface area contributed by atoms with Crippen molar-refractivity contribution in [1.82, 2.24) is 0 Å². The standard InChI is InChI=1S/C52H64O9/c1-36(45(54)34-41(53)33-44-28-16-30-47(59-44)51(2,3)50(56)57-35-37-17-7-4-8-18-37)31-32-43-27-15-26-42(58-43)25-13-19-38-20-14-29-46-48(38)49(55)61-52(60-46,39-21-9-5-10-22-39)40-23-11-6-12-24-40/h4-12,14,17-18,20-24,29,36,41-45,47,53-54H,13,15-16,19,25-28,30-35H2,1-3H3/t36-,41-,42-,43-,44-,45+,47+/m0/s1. The summed E-state index contributed by atoms with van der Waals surface area (Å²) in [7, 11) is 0. The Hall–Kier alpha value is -4.54. The summed E-state index contributed by atoms with van der Waals surface area (Å²) < 4.78 is 31.6. The fraction of sp³-hybridized carbons (Fsp3) is 0.500. The lowest BCUT2D eigenvalue weighted by Crippen LogP contribution is -2.45. The quantitative estimate of drug-likeness (QED) is 0.0944. The number of ether oxygens (including phenoxy) is 5. The molecule has 4 aromatic rings. The Morgan fingerprint density at radius 1 is 0.770 bits per heavy atom. The molecule has 9 heteroatoms. The number of fused-ring (bicyclic) bond motifs is 1. The first-order chi connectivity index (χ1) is 29.5. The predicted molar refractivity (Wildman–Crippen MR) is 234 cm³/mol. The van der Waals surface area contributed by atoms with E-state index < -0.39 is 29.4 Å². The lowest BCUT2D eigenvalue weighted by atomic mass is 9.81. The van der Waals surface area contributed by atoms with Crippen LogP contribution in [-0.4, -0.2) is 58.8 Å². The molecule has 61 heavy (non-hydrogen) atoms. The third-order valence-electron chi connectivity index (χ3n) is 13.1. The fourth-order valence-electron chi connectivity index (χ4n) is 9.30. The molecule has 7 rings (SSSR count). The van der Waals surface area contributed by atoms with Crippen molar-refractivity contribution < 1.29 is 43.5 Å². The van der Waals surface area contributed by atoms with Crippen molar-refractivity contribution in [3.05, 3.63) is 137 Å². The van der Waals surface area contributed by atoms with Crippen LogP contribution in [0.4, 0.5) is 0 Å². The molecule has 3 heterocycles. The summed E-state index contributed by atoms with van der Waals surface area (Å²) in [6, 6.07) is 34.6. The largest absolute Gasteiger partial charge is 0.460 e. The monoisotopic (exact) mass is 832 g/mol. The number of aliphatic hydroxyl groups excluding tert-OH is 2. The average Bonchev–Trinajstić information content (AvgIpc) is 3.28. The van der Waals surface area contributed by atoms with Gasteiger partial charge in [0.2, 0.25) is 0 Å². The number of rotatable bonds is 18. The van der Waals surface area contributed by atoms with Gasteiger partial charge in [0, 0.05) is 11.1 Å². The Kier molecular flexibility index (Phi) is 15.0. The molecule has 3 aliphatic heterocycles. The van der Waals surface area contributed by atoms with E-state index in [-0.39, 0.29) is 49.3 Å². The zero-order valence-corrected chi connectivity index (χ0v) is 36.1. The second-order valence-electron chi connectivity index (χ2n) is 18.0. The van der Waals surface area contributed by atoms with Crippen LogP contribution < -0.4 is 4.74 Å². The van der Waals surface area contributed by atoms with Gasteiger partial charge in [-0.1, -0.05) is 110 Å². The summed E-state index contributed by atoms with van der Waals surface area (Å²) >= 11 is 0. The summed E-state index contributed by atoms with van der Waals surface area (Å²) in [6.45, 7) is 6.02. The summed E-state index contributed by atoms with van der Waals surface area (Å²) in [5.74, 6) is -1.53. The van der Waals surface area contributed by atoms with E-state index in [1.54, 1.807) is 0 Å². The van der Waals surface area contributed by atoms with Crippen LogP contribution in [0.5, 0.6) is 5.75 Å². The van der Waals surface area contributed by atoms with E-state index in [1.807, 2.05) is 130 Å². The van der Waals surface area contributed by atoms with Crippen LogP contribution in [0.15, 0.2) is 109 Å². The Labute approximate surface area is 361 Å². The predicted octanol–water partition coefficient (Wildman–Crippen LogP) is 10.0. The maximum atomic E-state index is 13.8. The highest BCUT2D eigenvalue weighted by Crippen LogP contribution is 2.44. The van der Waals surface area contributed by atoms with Crippen molar-refractivity contribution in [2.45, 2.75) is 153 Å². The zero-order chi connectivity index (χ0) is 42.8. The molecule has 4 aromatic carbocycles. The normalized spacial score (nSPS) is 22.8. The number of carbonyl (C=O) groups excluding carboxylic acids is 2. The molecule has 3 aliphatic rings. The van der Waals surface area contributed by atoms with Crippen molar-refractivity contribution in [2.24, 2.45) is 11.3 Å². The van der Waals surface area contributed by atoms with E-state index in [9.17, 15) is 19.8 Å². The SMILES string of the molecule is C[C@@H](CC[C@@H]1CCC[C@H](CCCc2cccc3c2C(=O)OC(c2ccccc2)(c2ccccc2)O3)O1)[C@H](O)C[C@@H](O)C[C@@H]1CCC[C@H](C(C)(C)C(=O)OCc2ccccc2)O1. The lowest BCUT2D eigenvalue weighted by Gasteiger charge is -2.39. The second kappa shape index (κ2) is 20.6. The first kappa shape index (κ1) is 44.5. The van der Waals surface area contributed by atoms with Gasteiger partial charge in [-0.05, 0) is 120 Å². The first-order valence-corrected chi connectivity index (χ1v) is 22.6. The molecule has 0 amide bonds. The van der Waals surface area contributed by atoms with Gasteiger partial charge < -0.3 is 33.9 Å². The highest BCUT2D eigenvalue weighted by Gasteiger charge is 2.47. The van der Waals surface area contributed by atoms with Crippen LogP contribution in [0.1, 0.15) is 130 Å². The summed E-state index contributed by atoms with van der Waals surface area (Å²) in [5.41, 5.74) is 3.01. The van der Waals surface area contributed by atoms with Crippen LogP contribution in [0.25, 0.3) is 0 Å². The Balaban J connectivity index is 0.842. The fourth-order valence-corrected chi connectivity index (χ4v) is 9.30. The number of aliphatic hydroxyl groups is 2. The molecule has 0 bridgehead atoms. The Morgan fingerprint density at radius 3 is 2.08 bits per heavy atom. The smallest absolute Gasteiger partial charge is 0.346 e. The van der Waals surface area contributed by atoms with Crippen LogP contribution in [0.3, 0.4) is 0 Å². The summed E-state index contributed by atoms with van der Waals surface area (Å²) in [4.78, 5) is 26.9. The second-order valence-corrected chi connectivity index (χ2v) is 18.0. The number of esters is 2. The number of aryl methyl sites for hydroxylation is 1. The molecule has 0 unspecified atom stereocenters. The molecule has 326 valence electrons. The van der Waals surface area contributed by atoms with Gasteiger partial charge >= 0.3 is 17.7 Å². The Bertz CT molecular complexity index is 1960. The van der Waals surface area contributed by atoms with Gasteiger partial charge in [0.25, 0.3) is 0 Å². The number of hydrogen-bond donors (Lipinski definition) is 2. The van der Waals surface area contributed by atoms with Gasteiger partial charge in [-0.2, -0.15) is 0 Å². The minimum Gasteiger partial charge on any atom is -0.460 e. The summed E-state index contributed by atoms with van der Waals surface area (Å²) in [6.07, 6.45) is 8.82. The van der Waals surface area contributed by atoms with Gasteiger partial charge in [-0.3, -0.25) is 4.79 Å². The maximum absolute atomic E-state index is 13.8. The molecule has 0 aromatic heterocycles. The Morgan fingerprint density at radius 2 is 1.39 bits per heavy atom. The molecule has 2 N–H and O–H groups in total. The molecular weight excluding hydrogens is 769 g/mol. The first-order valence-electron chi connectivity index (χ1n) is 22.6. The van der Waals surface area contributed by atoms with Gasteiger partial charge in [-0.15, -0.1) is 0 Å². The highest BCUT2D eigenvalue weighted by atomic mass is 16.7. The van der Waals surface area contributed by atoms with Gasteiger partial charge in [0.05, 0.1) is 42.0 Å². The minimum absolute atomic E-state index is 0.00529. The van der Waals surface area contributed by atoms with Crippen molar-refractivity contribution in [2.75, 3.05) is 0 Å². The number of benzene rings is 4. The van der Waals surface area contributed by atoms with Crippen LogP contribution >= 0.6 is 0 Å². The molecule has 9 nitrogen and oxygen atoms in total. The molecule has 2 saturated heterocycles. The highest BCUT2D eigenvalue weighted by molar-refractivity contribution is 5.95. The molecule has 0 saturated carbocycles. The van der Waals surface area contributed by atoms with Crippen molar-refractivity contribution in [1.29, 1.82) is 0 Å². The van der Waals surface area contributed by atoms with Crippen LogP contribution in [-0.2, 0) is 42.6 Å². The van der Waals surface area contributed by atoms with E-state index in [0.717, 1.165) is 86.5 Å². The van der Waals surface area contributed by atoms with Gasteiger partial charge in [-0.25, -0.2) is 4.79 Å². The molecule has 0 radical (unpaired) electrons. The maximum Gasteiger partial charge on any atom is 0.346 e. The topological polar surface area (TPSA) is 121 Å². The summed E-state index contributed by atoms with van der Waals surface area (Å²) in [5, 5.41) is 22.2. The lowest BCUT2D eigenvalue weighted by molar-refractivity contribution is -0.174. The van der Waals surface area contributed by atoms with Crippen molar-refractivity contribution in [3.63, 3.8) is 0 Å². The minimum atomic E-state index is -1.38. The van der Waals surface area contributed by atoms with Crippen molar-refractivity contribution in [3.8, 4) is 5.75 Å². The third kappa shape index (κ3) is 11.1. The van der Waals surface area contributed by atoms with E-state index in [1.165, 1.54) is 0 Å². The number of hydrogen-bond acceptors (Lipinski definition) is 9. The average molecular weight is 833 g/mol. The number of cyclic esters (lactones) is 1.